The summed E-state index contributed by atoms with van der Waals surface area (Å²) in [6.45, 7) is 1.36. The number of hydrogen-bond acceptors (Lipinski definition) is 2. The lowest BCUT2D eigenvalue weighted by molar-refractivity contribution is 0.0773. The number of thioether (sulfide) groups is 1. The molecule has 0 spiro atoms. The zero-order valence-corrected chi connectivity index (χ0v) is 16.7. The van der Waals surface area contributed by atoms with Gasteiger partial charge in [-0.05, 0) is 54.1 Å². The molecule has 3 nitrogen and oxygen atoms in total. The molecule has 2 heterocycles. The van der Waals surface area contributed by atoms with Crippen LogP contribution in [0.15, 0.2) is 54.7 Å². The first-order valence-electron chi connectivity index (χ1n) is 8.99. The van der Waals surface area contributed by atoms with Gasteiger partial charge < -0.3 is 9.88 Å². The number of halogens is 1. The summed E-state index contributed by atoms with van der Waals surface area (Å²) in [6, 6.07) is 13.9. The number of aromatic amines is 1. The van der Waals surface area contributed by atoms with Gasteiger partial charge in [0.05, 0.1) is 0 Å². The standard InChI is InChI=1S/C22H21ClN2OS/c1-27-14-15-2-4-17(5-3-15)22(26)25-10-8-16(9-11-25)20-13-24-21-7-6-18(23)12-19(20)21/h2-8,12-13,24H,9-11,14H2,1H3. The lowest BCUT2D eigenvalue weighted by Gasteiger charge is -2.26. The second-order valence-corrected chi connectivity index (χ2v) is 8.06. The normalized spacial score (nSPS) is 14.4. The lowest BCUT2D eigenvalue weighted by Crippen LogP contribution is -2.34. The summed E-state index contributed by atoms with van der Waals surface area (Å²) in [5, 5.41) is 1.87. The maximum Gasteiger partial charge on any atom is 0.254 e. The summed E-state index contributed by atoms with van der Waals surface area (Å²) >= 11 is 7.95. The molecule has 27 heavy (non-hydrogen) atoms. The predicted octanol–water partition coefficient (Wildman–Crippen LogP) is 5.61. The second-order valence-electron chi connectivity index (χ2n) is 6.75. The molecule has 0 atom stereocenters. The number of carbonyl (C=O) groups excluding carboxylic acids is 1. The Morgan fingerprint density at radius 2 is 2.04 bits per heavy atom. The first-order valence-corrected chi connectivity index (χ1v) is 10.8. The minimum atomic E-state index is 0.1000. The van der Waals surface area contributed by atoms with E-state index in [1.807, 2.05) is 53.6 Å². The molecule has 138 valence electrons. The molecule has 0 aliphatic carbocycles. The van der Waals surface area contributed by atoms with Crippen molar-refractivity contribution in [3.63, 3.8) is 0 Å². The molecular weight excluding hydrogens is 376 g/mol. The quantitative estimate of drug-likeness (QED) is 0.621. The number of rotatable bonds is 4. The maximum absolute atomic E-state index is 12.8. The van der Waals surface area contributed by atoms with E-state index < -0.39 is 0 Å². The van der Waals surface area contributed by atoms with Crippen molar-refractivity contribution in [1.29, 1.82) is 0 Å². The molecule has 0 radical (unpaired) electrons. The molecule has 3 aromatic rings. The molecule has 0 fully saturated rings. The highest BCUT2D eigenvalue weighted by Crippen LogP contribution is 2.31. The molecule has 0 bridgehead atoms. The van der Waals surface area contributed by atoms with Crippen LogP contribution in [0.2, 0.25) is 5.02 Å². The molecule has 1 aliphatic heterocycles. The maximum atomic E-state index is 12.8. The highest BCUT2D eigenvalue weighted by molar-refractivity contribution is 7.97. The van der Waals surface area contributed by atoms with Gasteiger partial charge in [-0.3, -0.25) is 4.79 Å². The molecular formula is C22H21ClN2OS. The molecule has 0 saturated carbocycles. The summed E-state index contributed by atoms with van der Waals surface area (Å²) in [7, 11) is 0. The number of H-pyrrole nitrogens is 1. The number of fused-ring (bicyclic) bond motifs is 1. The summed E-state index contributed by atoms with van der Waals surface area (Å²) < 4.78 is 0. The Bertz CT molecular complexity index is 1010. The second kappa shape index (κ2) is 7.83. The van der Waals surface area contributed by atoms with Gasteiger partial charge in [0.2, 0.25) is 0 Å². The van der Waals surface area contributed by atoms with Crippen LogP contribution < -0.4 is 0 Å². The van der Waals surface area contributed by atoms with E-state index in [0.29, 0.717) is 6.54 Å². The van der Waals surface area contributed by atoms with Crippen molar-refractivity contribution in [2.45, 2.75) is 12.2 Å². The van der Waals surface area contributed by atoms with Crippen LogP contribution in [-0.2, 0) is 5.75 Å². The SMILES string of the molecule is CSCc1ccc(C(=O)N2CC=C(c3c[nH]c4ccc(Cl)cc34)CC2)cc1. The number of carbonyl (C=O) groups is 1. The largest absolute Gasteiger partial charge is 0.361 e. The zero-order chi connectivity index (χ0) is 18.8. The third-order valence-electron chi connectivity index (χ3n) is 5.00. The molecule has 1 aromatic heterocycles. The molecule has 1 aliphatic rings. The fraction of sp³-hybridized carbons (Fsp3) is 0.227. The van der Waals surface area contributed by atoms with Gasteiger partial charge in [0, 0.05) is 52.1 Å². The number of nitrogens with one attached hydrogen (secondary N) is 1. The predicted molar refractivity (Wildman–Crippen MR) is 115 cm³/mol. The van der Waals surface area contributed by atoms with Crippen molar-refractivity contribution in [3.8, 4) is 0 Å². The monoisotopic (exact) mass is 396 g/mol. The van der Waals surface area contributed by atoms with Crippen LogP contribution in [0.25, 0.3) is 16.5 Å². The average molecular weight is 397 g/mol. The molecule has 0 saturated heterocycles. The van der Waals surface area contributed by atoms with E-state index in [1.165, 1.54) is 16.7 Å². The minimum absolute atomic E-state index is 0.1000. The third-order valence-corrected chi connectivity index (χ3v) is 5.86. The third kappa shape index (κ3) is 3.78. The number of hydrogen-bond donors (Lipinski definition) is 1. The van der Waals surface area contributed by atoms with Crippen molar-refractivity contribution in [2.24, 2.45) is 0 Å². The van der Waals surface area contributed by atoms with E-state index in [2.05, 4.69) is 17.3 Å². The zero-order valence-electron chi connectivity index (χ0n) is 15.2. The molecule has 5 heteroatoms. The molecule has 0 unspecified atom stereocenters. The summed E-state index contributed by atoms with van der Waals surface area (Å²) in [5.41, 5.74) is 5.54. The van der Waals surface area contributed by atoms with Crippen LogP contribution >= 0.6 is 23.4 Å². The van der Waals surface area contributed by atoms with Crippen molar-refractivity contribution >= 4 is 45.7 Å². The van der Waals surface area contributed by atoms with Gasteiger partial charge in [0.25, 0.3) is 5.91 Å². The Morgan fingerprint density at radius 1 is 1.22 bits per heavy atom. The Morgan fingerprint density at radius 3 is 2.74 bits per heavy atom. The number of amides is 1. The van der Waals surface area contributed by atoms with Crippen LogP contribution in [0.3, 0.4) is 0 Å². The van der Waals surface area contributed by atoms with Crippen molar-refractivity contribution in [3.05, 3.63) is 76.5 Å². The van der Waals surface area contributed by atoms with Gasteiger partial charge in [0.15, 0.2) is 0 Å². The van der Waals surface area contributed by atoms with Gasteiger partial charge >= 0.3 is 0 Å². The first kappa shape index (κ1) is 18.2. The number of aromatic nitrogens is 1. The van der Waals surface area contributed by atoms with Gasteiger partial charge in [0.1, 0.15) is 0 Å². The van der Waals surface area contributed by atoms with E-state index >= 15 is 0 Å². The minimum Gasteiger partial charge on any atom is -0.361 e. The smallest absolute Gasteiger partial charge is 0.254 e. The van der Waals surface area contributed by atoms with E-state index in [4.69, 9.17) is 11.6 Å². The van der Waals surface area contributed by atoms with Crippen LogP contribution in [0.4, 0.5) is 0 Å². The van der Waals surface area contributed by atoms with Crippen molar-refractivity contribution in [2.75, 3.05) is 19.3 Å². The van der Waals surface area contributed by atoms with E-state index in [-0.39, 0.29) is 5.91 Å². The van der Waals surface area contributed by atoms with Gasteiger partial charge in [-0.15, -0.1) is 0 Å². The molecule has 1 amide bonds. The Balaban J connectivity index is 1.50. The lowest BCUT2D eigenvalue weighted by atomic mass is 9.98. The Kier molecular flexibility index (Phi) is 5.28. The number of nitrogens with zero attached hydrogens (tertiary/aromatic N) is 1. The van der Waals surface area contributed by atoms with Gasteiger partial charge in [-0.25, -0.2) is 0 Å². The first-order chi connectivity index (χ1) is 13.2. The molecule has 4 rings (SSSR count). The van der Waals surface area contributed by atoms with E-state index in [9.17, 15) is 4.79 Å². The van der Waals surface area contributed by atoms with Gasteiger partial charge in [-0.2, -0.15) is 11.8 Å². The highest BCUT2D eigenvalue weighted by Gasteiger charge is 2.20. The van der Waals surface area contributed by atoms with E-state index in [1.54, 1.807) is 11.8 Å². The molecule has 1 N–H and O–H groups in total. The fourth-order valence-corrected chi connectivity index (χ4v) is 4.25. The van der Waals surface area contributed by atoms with Crippen LogP contribution in [0.1, 0.15) is 27.9 Å². The van der Waals surface area contributed by atoms with Crippen LogP contribution in [0, 0.1) is 0 Å². The van der Waals surface area contributed by atoms with Crippen molar-refractivity contribution < 1.29 is 4.79 Å². The van der Waals surface area contributed by atoms with Crippen molar-refractivity contribution in [1.82, 2.24) is 9.88 Å². The highest BCUT2D eigenvalue weighted by atomic mass is 35.5. The Hall–Kier alpha value is -2.17. The van der Waals surface area contributed by atoms with Crippen LogP contribution in [-0.4, -0.2) is 35.1 Å². The average Bonchev–Trinajstić information content (AvgIpc) is 3.11. The van der Waals surface area contributed by atoms with E-state index in [0.717, 1.165) is 40.2 Å². The van der Waals surface area contributed by atoms with Crippen LogP contribution in [0.5, 0.6) is 0 Å². The fourth-order valence-electron chi connectivity index (χ4n) is 3.55. The summed E-state index contributed by atoms with van der Waals surface area (Å²) in [6.07, 6.45) is 7.12. The molecule has 2 aromatic carbocycles. The summed E-state index contributed by atoms with van der Waals surface area (Å²) in [4.78, 5) is 18.0. The topological polar surface area (TPSA) is 36.1 Å². The Labute approximate surface area is 168 Å². The van der Waals surface area contributed by atoms with Gasteiger partial charge in [-0.1, -0.05) is 29.8 Å². The summed E-state index contributed by atoms with van der Waals surface area (Å²) in [5.74, 6) is 1.07. The number of benzene rings is 2.